The fourth-order valence-electron chi connectivity index (χ4n) is 3.75. The Kier molecular flexibility index (Phi) is 19.4. The Morgan fingerprint density at radius 1 is 0.854 bits per heavy atom. The number of carbonyl (C=O) groups excluding carboxylic acids is 7. The molecule has 22 nitrogen and oxygen atoms in total. The van der Waals surface area contributed by atoms with Gasteiger partial charge in [-0.3, -0.25) is 42.6 Å². The molecule has 23 heteroatoms. The largest absolute Gasteiger partial charge is 0.473 e. The molecule has 0 bridgehead atoms. The van der Waals surface area contributed by atoms with Gasteiger partial charge >= 0.3 is 25.7 Å². The van der Waals surface area contributed by atoms with Crippen molar-refractivity contribution in [3.05, 3.63) is 0 Å². The molecule has 6 unspecified atom stereocenters. The van der Waals surface area contributed by atoms with Crippen LogP contribution in [0.5, 0.6) is 0 Å². The first-order chi connectivity index (χ1) is 22.5. The highest BCUT2D eigenvalue weighted by atomic mass is 31.2. The van der Waals surface area contributed by atoms with E-state index in [-0.39, 0.29) is 26.2 Å². The van der Waals surface area contributed by atoms with Crippen molar-refractivity contribution in [3.63, 3.8) is 0 Å². The maximum absolute atomic E-state index is 12.2. The van der Waals surface area contributed by atoms with E-state index in [4.69, 9.17) is 38.2 Å². The van der Waals surface area contributed by atoms with Crippen molar-refractivity contribution in [2.75, 3.05) is 47.0 Å². The molecule has 0 aromatic carbocycles. The number of carbonyl (C=O) groups is 7. The lowest BCUT2D eigenvalue weighted by molar-refractivity contribution is -0.277. The maximum Gasteiger partial charge on any atom is 0.473 e. The van der Waals surface area contributed by atoms with Gasteiger partial charge in [-0.2, -0.15) is 0 Å². The third kappa shape index (κ3) is 18.0. The van der Waals surface area contributed by atoms with Gasteiger partial charge in [0, 0.05) is 41.3 Å². The zero-order valence-corrected chi connectivity index (χ0v) is 27.8. The van der Waals surface area contributed by atoms with Gasteiger partial charge in [0.2, 0.25) is 17.7 Å². The topological polar surface area (TPSA) is 288 Å². The molecule has 1 heterocycles. The number of rotatable bonds is 21. The molecule has 274 valence electrons. The molecule has 5 N–H and O–H groups in total. The number of hydrogen-bond donors (Lipinski definition) is 5. The predicted molar refractivity (Wildman–Crippen MR) is 153 cm³/mol. The minimum absolute atomic E-state index is 0.0489. The lowest BCUT2D eigenvalue weighted by atomic mass is 9.96. The summed E-state index contributed by atoms with van der Waals surface area (Å²) in [5.74, 6) is -4.92. The van der Waals surface area contributed by atoms with Crippen LogP contribution < -0.4 is 21.4 Å². The van der Waals surface area contributed by atoms with Crippen LogP contribution >= 0.6 is 7.82 Å². The summed E-state index contributed by atoms with van der Waals surface area (Å²) in [6, 6.07) is -1.17. The summed E-state index contributed by atoms with van der Waals surface area (Å²) in [7, 11) is -3.36. The average molecular weight is 717 g/mol. The Morgan fingerprint density at radius 2 is 1.52 bits per heavy atom. The van der Waals surface area contributed by atoms with Crippen LogP contribution in [-0.2, 0) is 80.4 Å². The van der Waals surface area contributed by atoms with Gasteiger partial charge in [0.1, 0.15) is 31.9 Å². The summed E-state index contributed by atoms with van der Waals surface area (Å²) in [6.45, 7) is 2.66. The number of hydrogen-bond acceptors (Lipinski definition) is 17. The average Bonchev–Trinajstić information content (AvgIpc) is 2.97. The first-order valence-electron chi connectivity index (χ1n) is 14.1. The van der Waals surface area contributed by atoms with Crippen molar-refractivity contribution in [1.29, 1.82) is 0 Å². The van der Waals surface area contributed by atoms with Crippen LogP contribution in [0.3, 0.4) is 0 Å². The molecule has 6 atom stereocenters. The Morgan fingerprint density at radius 3 is 2.12 bits per heavy atom. The quantitative estimate of drug-likeness (QED) is 0.0155. The zero-order chi connectivity index (χ0) is 36.3. The number of phosphoric acid groups is 1. The van der Waals surface area contributed by atoms with E-state index in [2.05, 4.69) is 25.0 Å². The standard InChI is InChI=1S/C25H41N4O18P/c1-14(30)28-22-24(46-17(4)33)23(45-16(3)32)18(11-42-15(2)31)47-25(22)41-9-7-26-19(34)6-8-40-13-43-29-21(36)10-20(35)27-12-44-48(37,38)39-5/h18,22-25H,6-13H2,1-5H3,(H,26,34)(H,27,35)(H,28,30)(H,29,36)(H,37,38). The SMILES string of the molecule is COP(=O)(O)OCNC(=O)CC(=O)NOCOCCC(=O)NCCOC1OC(COC(C)=O)C(OC(C)=O)C(OC(C)=O)C1NC(C)=O. The van der Waals surface area contributed by atoms with Gasteiger partial charge in [0.05, 0.1) is 19.6 Å². The number of amides is 4. The van der Waals surface area contributed by atoms with E-state index >= 15 is 0 Å². The fraction of sp³-hybridized carbons (Fsp3) is 0.720. The van der Waals surface area contributed by atoms with Gasteiger partial charge < -0.3 is 49.3 Å². The monoisotopic (exact) mass is 716 g/mol. The zero-order valence-electron chi connectivity index (χ0n) is 26.9. The van der Waals surface area contributed by atoms with Gasteiger partial charge in [0.15, 0.2) is 25.3 Å². The molecule has 1 aliphatic rings. The highest BCUT2D eigenvalue weighted by Crippen LogP contribution is 2.41. The normalized spacial score (nSPS) is 21.5. The lowest BCUT2D eigenvalue weighted by Crippen LogP contribution is -2.66. The Hall–Kier alpha value is -3.76. The van der Waals surface area contributed by atoms with Crippen LogP contribution in [0.1, 0.15) is 40.5 Å². The van der Waals surface area contributed by atoms with Gasteiger partial charge in [-0.1, -0.05) is 0 Å². The summed E-state index contributed by atoms with van der Waals surface area (Å²) in [6.07, 6.45) is -5.86. The molecule has 0 radical (unpaired) electrons. The fourth-order valence-corrected chi connectivity index (χ4v) is 4.09. The molecule has 1 saturated heterocycles. The molecule has 0 aromatic heterocycles. The van der Waals surface area contributed by atoms with Crippen LogP contribution in [0.25, 0.3) is 0 Å². The van der Waals surface area contributed by atoms with Gasteiger partial charge in [0.25, 0.3) is 5.91 Å². The molecule has 0 aliphatic carbocycles. The molecule has 0 aromatic rings. The molecule has 1 aliphatic heterocycles. The second kappa shape index (κ2) is 22.0. The Bertz CT molecular complexity index is 1170. The van der Waals surface area contributed by atoms with Crippen molar-refractivity contribution in [2.45, 2.75) is 71.2 Å². The molecule has 1 fully saturated rings. The highest BCUT2D eigenvalue weighted by molar-refractivity contribution is 7.47. The molecule has 0 spiro atoms. The van der Waals surface area contributed by atoms with Crippen LogP contribution in [0.15, 0.2) is 0 Å². The van der Waals surface area contributed by atoms with Gasteiger partial charge in [-0.25, -0.2) is 14.9 Å². The smallest absolute Gasteiger partial charge is 0.463 e. The Labute approximate surface area is 274 Å². The number of ether oxygens (including phenoxy) is 6. The highest BCUT2D eigenvalue weighted by Gasteiger charge is 2.51. The van der Waals surface area contributed by atoms with E-state index in [1.54, 1.807) is 0 Å². The number of phosphoric ester groups is 1. The van der Waals surface area contributed by atoms with Crippen LogP contribution in [0.4, 0.5) is 0 Å². The molecular formula is C25H41N4O18P. The van der Waals surface area contributed by atoms with Crippen molar-refractivity contribution < 1.29 is 85.3 Å². The lowest BCUT2D eigenvalue weighted by Gasteiger charge is -2.44. The number of nitrogens with one attached hydrogen (secondary N) is 4. The summed E-state index contributed by atoms with van der Waals surface area (Å²) in [5, 5.41) is 7.15. The van der Waals surface area contributed by atoms with Crippen molar-refractivity contribution in [1.82, 2.24) is 21.4 Å². The van der Waals surface area contributed by atoms with E-state index in [0.29, 0.717) is 0 Å². The van der Waals surface area contributed by atoms with Crippen LogP contribution in [-0.4, -0.2) is 124 Å². The van der Waals surface area contributed by atoms with Gasteiger partial charge in [-0.15, -0.1) is 0 Å². The molecule has 0 saturated carbocycles. The summed E-state index contributed by atoms with van der Waals surface area (Å²) in [4.78, 5) is 96.3. The van der Waals surface area contributed by atoms with Crippen molar-refractivity contribution in [3.8, 4) is 0 Å². The van der Waals surface area contributed by atoms with E-state index in [9.17, 15) is 38.1 Å². The Balaban J connectivity index is 2.51. The third-order valence-corrected chi connectivity index (χ3v) is 6.54. The van der Waals surface area contributed by atoms with Crippen molar-refractivity contribution >= 4 is 49.4 Å². The molecule has 1 rings (SSSR count). The summed E-state index contributed by atoms with van der Waals surface area (Å²) < 4.78 is 51.9. The van der Waals surface area contributed by atoms with Crippen LogP contribution in [0.2, 0.25) is 0 Å². The minimum atomic E-state index is -4.29. The summed E-state index contributed by atoms with van der Waals surface area (Å²) in [5.41, 5.74) is 1.92. The number of esters is 3. The molecule has 48 heavy (non-hydrogen) atoms. The molecule has 4 amide bonds. The van der Waals surface area contributed by atoms with Gasteiger partial charge in [-0.05, 0) is 0 Å². The van der Waals surface area contributed by atoms with E-state index < -0.39 is 107 Å². The van der Waals surface area contributed by atoms with E-state index in [0.717, 1.165) is 27.9 Å². The summed E-state index contributed by atoms with van der Waals surface area (Å²) >= 11 is 0. The van der Waals surface area contributed by atoms with Crippen molar-refractivity contribution in [2.24, 2.45) is 0 Å². The number of hydroxylamine groups is 1. The maximum atomic E-state index is 12.2. The first-order valence-corrected chi connectivity index (χ1v) is 15.6. The second-order valence-electron chi connectivity index (χ2n) is 9.59. The molecular weight excluding hydrogens is 675 g/mol. The van der Waals surface area contributed by atoms with Crippen LogP contribution in [0, 0.1) is 0 Å². The predicted octanol–water partition coefficient (Wildman–Crippen LogP) is -2.59. The van der Waals surface area contributed by atoms with E-state index in [1.807, 2.05) is 5.48 Å². The van der Waals surface area contributed by atoms with E-state index in [1.165, 1.54) is 6.92 Å². The third-order valence-electron chi connectivity index (χ3n) is 5.63. The minimum Gasteiger partial charge on any atom is -0.463 e. The second-order valence-corrected chi connectivity index (χ2v) is 11.1. The first kappa shape index (κ1) is 42.3.